The van der Waals surface area contributed by atoms with E-state index in [4.69, 9.17) is 9.47 Å². The van der Waals surface area contributed by atoms with E-state index in [-0.39, 0.29) is 23.7 Å². The van der Waals surface area contributed by atoms with Crippen LogP contribution in [0.5, 0.6) is 0 Å². The van der Waals surface area contributed by atoms with Crippen LogP contribution in [0.2, 0.25) is 0 Å². The van der Waals surface area contributed by atoms with Crippen molar-refractivity contribution in [1.29, 1.82) is 0 Å². The number of nitrogens with one attached hydrogen (secondary N) is 1. The highest BCUT2D eigenvalue weighted by Gasteiger charge is 2.25. The topological polar surface area (TPSA) is 162 Å². The maximum Gasteiger partial charge on any atom is 0.311 e. The number of hydrogen-bond acceptors (Lipinski definition) is 10. The van der Waals surface area contributed by atoms with Crippen molar-refractivity contribution in [2.75, 3.05) is 50.7 Å². The van der Waals surface area contributed by atoms with Crippen LogP contribution in [0.25, 0.3) is 0 Å². The molecule has 35 heavy (non-hydrogen) atoms. The molecule has 188 valence electrons. The van der Waals surface area contributed by atoms with E-state index in [9.17, 15) is 29.4 Å². The Morgan fingerprint density at radius 2 is 1.60 bits per heavy atom. The summed E-state index contributed by atoms with van der Waals surface area (Å²) in [6.45, 7) is 3.62. The van der Waals surface area contributed by atoms with E-state index in [1.165, 1.54) is 6.07 Å². The van der Waals surface area contributed by atoms with Gasteiger partial charge in [0.1, 0.15) is 5.69 Å². The third-order valence-electron chi connectivity index (χ3n) is 4.77. The summed E-state index contributed by atoms with van der Waals surface area (Å²) in [4.78, 5) is 34.3. The van der Waals surface area contributed by atoms with Gasteiger partial charge >= 0.3 is 11.4 Å². The van der Waals surface area contributed by atoms with E-state index in [2.05, 4.69) is 15.5 Å². The standard InChI is InChI=1S/C21H25FN6O7/c1-4-21(29)23-17-11-14(26(7-9-34-2)8-10-35-3)5-6-16(17)24-25-18-12-15(22)19(27(30)31)13-20(18)28(32)33/h5-6,11-13H,4,7-10H2,1-3H3,(H,23,29). The summed E-state index contributed by atoms with van der Waals surface area (Å²) >= 11 is 0. The second-order valence-electron chi connectivity index (χ2n) is 7.08. The van der Waals surface area contributed by atoms with Gasteiger partial charge in [-0.25, -0.2) is 0 Å². The zero-order valence-corrected chi connectivity index (χ0v) is 19.4. The predicted molar refractivity (Wildman–Crippen MR) is 125 cm³/mol. The number of ether oxygens (including phenoxy) is 2. The maximum atomic E-state index is 14.1. The molecule has 14 heteroatoms. The van der Waals surface area contributed by atoms with Gasteiger partial charge < -0.3 is 19.7 Å². The molecule has 1 N–H and O–H groups in total. The van der Waals surface area contributed by atoms with Crippen molar-refractivity contribution in [3.63, 3.8) is 0 Å². The molecule has 2 aromatic rings. The lowest BCUT2D eigenvalue weighted by Crippen LogP contribution is -2.30. The van der Waals surface area contributed by atoms with Crippen LogP contribution in [0, 0.1) is 26.0 Å². The Morgan fingerprint density at radius 1 is 1.00 bits per heavy atom. The lowest BCUT2D eigenvalue weighted by atomic mass is 10.2. The Kier molecular flexibility index (Phi) is 10.1. The molecule has 13 nitrogen and oxygen atoms in total. The summed E-state index contributed by atoms with van der Waals surface area (Å²) in [7, 11) is 3.15. The number of halogens is 1. The third kappa shape index (κ3) is 7.48. The quantitative estimate of drug-likeness (QED) is 0.243. The molecular formula is C21H25FN6O7. The fraction of sp³-hybridized carbons (Fsp3) is 0.381. The molecule has 0 atom stereocenters. The smallest absolute Gasteiger partial charge is 0.311 e. The van der Waals surface area contributed by atoms with Crippen LogP contribution in [0.15, 0.2) is 40.6 Å². The van der Waals surface area contributed by atoms with Gasteiger partial charge in [0, 0.05) is 45.5 Å². The first-order valence-electron chi connectivity index (χ1n) is 10.4. The van der Waals surface area contributed by atoms with Crippen molar-refractivity contribution in [3.05, 3.63) is 56.4 Å². The minimum atomic E-state index is -1.30. The number of carbonyl (C=O) groups is 1. The summed E-state index contributed by atoms with van der Waals surface area (Å²) in [5, 5.41) is 32.6. The maximum absolute atomic E-state index is 14.1. The number of hydrogen-bond donors (Lipinski definition) is 1. The Morgan fingerprint density at radius 3 is 2.14 bits per heavy atom. The molecule has 0 saturated heterocycles. The molecule has 0 bridgehead atoms. The Hall–Kier alpha value is -4.04. The number of carbonyl (C=O) groups excluding carboxylic acids is 1. The van der Waals surface area contributed by atoms with Crippen molar-refractivity contribution in [2.45, 2.75) is 13.3 Å². The van der Waals surface area contributed by atoms with E-state index in [1.54, 1.807) is 33.3 Å². The number of rotatable bonds is 13. The third-order valence-corrected chi connectivity index (χ3v) is 4.77. The molecule has 1 amide bonds. The molecule has 0 fully saturated rings. The lowest BCUT2D eigenvalue weighted by molar-refractivity contribution is -0.395. The molecule has 0 aliphatic carbocycles. The van der Waals surface area contributed by atoms with Crippen LogP contribution in [0.1, 0.15) is 13.3 Å². The van der Waals surface area contributed by atoms with E-state index >= 15 is 0 Å². The van der Waals surface area contributed by atoms with Gasteiger partial charge in [-0.05, 0) is 18.2 Å². The van der Waals surface area contributed by atoms with E-state index < -0.39 is 32.7 Å². The number of amides is 1. The Balaban J connectivity index is 2.51. The molecule has 0 aromatic heterocycles. The molecule has 0 spiro atoms. The van der Waals surface area contributed by atoms with E-state index in [1.807, 2.05) is 4.90 Å². The van der Waals surface area contributed by atoms with Crippen LogP contribution in [0.4, 0.5) is 38.5 Å². The van der Waals surface area contributed by atoms with E-state index in [0.717, 1.165) is 5.69 Å². The Bertz CT molecular complexity index is 1100. The average Bonchev–Trinajstić information content (AvgIpc) is 2.82. The molecule has 2 rings (SSSR count). The average molecular weight is 492 g/mol. The molecule has 0 aliphatic rings. The van der Waals surface area contributed by atoms with Gasteiger partial charge in [0.15, 0.2) is 5.69 Å². The molecule has 0 saturated carbocycles. The van der Waals surface area contributed by atoms with Gasteiger partial charge in [0.2, 0.25) is 11.7 Å². The van der Waals surface area contributed by atoms with Crippen molar-refractivity contribution in [3.8, 4) is 0 Å². The fourth-order valence-corrected chi connectivity index (χ4v) is 2.93. The SMILES string of the molecule is CCC(=O)Nc1cc(N(CCOC)CCOC)ccc1N=Nc1cc(F)c([N+](=O)[O-])cc1[N+](=O)[O-]. The zero-order chi connectivity index (χ0) is 26.0. The van der Waals surface area contributed by atoms with Crippen molar-refractivity contribution in [2.24, 2.45) is 10.2 Å². The highest BCUT2D eigenvalue weighted by molar-refractivity contribution is 5.94. The van der Waals surface area contributed by atoms with Gasteiger partial charge in [-0.2, -0.15) is 4.39 Å². The van der Waals surface area contributed by atoms with Gasteiger partial charge in [0.05, 0.1) is 34.8 Å². The first-order valence-corrected chi connectivity index (χ1v) is 10.4. The first-order chi connectivity index (χ1) is 16.7. The second kappa shape index (κ2) is 13.0. The second-order valence-corrected chi connectivity index (χ2v) is 7.08. The number of nitro benzene ring substituents is 2. The Labute approximate surface area is 199 Å². The monoisotopic (exact) mass is 492 g/mol. The molecule has 0 aliphatic heterocycles. The van der Waals surface area contributed by atoms with Gasteiger partial charge in [0.25, 0.3) is 0 Å². The van der Waals surface area contributed by atoms with Gasteiger partial charge in [-0.1, -0.05) is 6.92 Å². The van der Waals surface area contributed by atoms with Crippen LogP contribution < -0.4 is 10.2 Å². The zero-order valence-electron chi connectivity index (χ0n) is 19.4. The predicted octanol–water partition coefficient (Wildman–Crippen LogP) is 4.51. The molecule has 0 unspecified atom stereocenters. The normalized spacial score (nSPS) is 11.0. The minimum Gasteiger partial charge on any atom is -0.383 e. The van der Waals surface area contributed by atoms with Gasteiger partial charge in [-0.3, -0.25) is 25.0 Å². The summed E-state index contributed by atoms with van der Waals surface area (Å²) in [6, 6.07) is 5.93. The van der Waals surface area contributed by atoms with Gasteiger partial charge in [-0.15, -0.1) is 10.2 Å². The number of methoxy groups -OCH3 is 2. The highest BCUT2D eigenvalue weighted by atomic mass is 19.1. The first kappa shape index (κ1) is 27.2. The summed E-state index contributed by atoms with van der Waals surface area (Å²) < 4.78 is 24.4. The fourth-order valence-electron chi connectivity index (χ4n) is 2.93. The molecule has 0 radical (unpaired) electrons. The minimum absolute atomic E-state index is 0.141. The summed E-state index contributed by atoms with van der Waals surface area (Å²) in [6.07, 6.45) is 0.177. The lowest BCUT2D eigenvalue weighted by Gasteiger charge is -2.25. The number of nitrogens with zero attached hydrogens (tertiary/aromatic N) is 5. The van der Waals surface area contributed by atoms with Crippen LogP contribution in [-0.4, -0.2) is 56.3 Å². The van der Waals surface area contributed by atoms with E-state index in [0.29, 0.717) is 38.4 Å². The largest absolute Gasteiger partial charge is 0.383 e. The summed E-state index contributed by atoms with van der Waals surface area (Å²) in [5.41, 5.74) is -1.23. The number of anilines is 2. The molecule has 2 aromatic carbocycles. The van der Waals surface area contributed by atoms with Crippen molar-refractivity contribution in [1.82, 2.24) is 0 Å². The van der Waals surface area contributed by atoms with Crippen LogP contribution in [0.3, 0.4) is 0 Å². The summed E-state index contributed by atoms with van der Waals surface area (Å²) in [5.74, 6) is -1.61. The van der Waals surface area contributed by atoms with Crippen molar-refractivity contribution < 1.29 is 28.5 Å². The highest BCUT2D eigenvalue weighted by Crippen LogP contribution is 2.37. The molecular weight excluding hydrogens is 467 g/mol. The number of nitro groups is 2. The van der Waals surface area contributed by atoms with Crippen molar-refractivity contribution >= 4 is 40.0 Å². The van der Waals surface area contributed by atoms with Crippen LogP contribution >= 0.6 is 0 Å². The van der Waals surface area contributed by atoms with Crippen LogP contribution in [-0.2, 0) is 14.3 Å². The molecule has 0 heterocycles. The number of azo groups is 1. The number of benzene rings is 2.